The van der Waals surface area contributed by atoms with E-state index in [9.17, 15) is 14.4 Å². The van der Waals surface area contributed by atoms with E-state index in [2.05, 4.69) is 93.7 Å². The molecule has 0 heterocycles. The summed E-state index contributed by atoms with van der Waals surface area (Å²) in [6, 6.07) is 0. The molecule has 0 aromatic carbocycles. The van der Waals surface area contributed by atoms with E-state index in [1.54, 1.807) is 0 Å². The molecule has 0 aliphatic heterocycles. The Morgan fingerprint density at radius 3 is 1.14 bits per heavy atom. The van der Waals surface area contributed by atoms with E-state index < -0.39 is 6.10 Å². The van der Waals surface area contributed by atoms with Crippen LogP contribution in [-0.4, -0.2) is 37.2 Å². The first-order valence-electron chi connectivity index (χ1n) is 24.4. The molecule has 0 fully saturated rings. The summed E-state index contributed by atoms with van der Waals surface area (Å²) in [5.41, 5.74) is 0. The molecule has 0 aliphatic carbocycles. The van der Waals surface area contributed by atoms with Crippen LogP contribution < -0.4 is 0 Å². The fourth-order valence-corrected chi connectivity index (χ4v) is 6.53. The van der Waals surface area contributed by atoms with Gasteiger partial charge in [0.25, 0.3) is 0 Å². The predicted molar refractivity (Wildman–Crippen MR) is 251 cm³/mol. The Hall–Kier alpha value is -3.15. The lowest BCUT2D eigenvalue weighted by molar-refractivity contribution is -0.167. The van der Waals surface area contributed by atoms with Crippen molar-refractivity contribution in [2.75, 3.05) is 13.2 Å². The SMILES string of the molecule is CC/C=C\C/C=C\C/C=C\C/C=C\CCCCC(=O)OCC(COC(=O)CCCCCCCCCCCCCCC)OC(=O)CCCCCCC/C=C\C/C=C\CCC. The van der Waals surface area contributed by atoms with Crippen LogP contribution in [-0.2, 0) is 28.6 Å². The maximum absolute atomic E-state index is 12.7. The van der Waals surface area contributed by atoms with Crippen molar-refractivity contribution in [3.8, 4) is 0 Å². The van der Waals surface area contributed by atoms with Crippen molar-refractivity contribution < 1.29 is 28.6 Å². The number of ether oxygens (including phenoxy) is 3. The van der Waals surface area contributed by atoms with E-state index in [1.807, 2.05) is 0 Å². The van der Waals surface area contributed by atoms with Gasteiger partial charge >= 0.3 is 17.9 Å². The van der Waals surface area contributed by atoms with Crippen molar-refractivity contribution in [1.82, 2.24) is 0 Å². The minimum absolute atomic E-state index is 0.0932. The number of hydrogen-bond acceptors (Lipinski definition) is 6. The molecule has 1 unspecified atom stereocenters. The summed E-state index contributed by atoms with van der Waals surface area (Å²) >= 11 is 0. The quantitative estimate of drug-likeness (QED) is 0.0264. The van der Waals surface area contributed by atoms with Crippen molar-refractivity contribution in [3.63, 3.8) is 0 Å². The van der Waals surface area contributed by atoms with Crippen LogP contribution in [0.4, 0.5) is 0 Å². The second-order valence-electron chi connectivity index (χ2n) is 16.0. The van der Waals surface area contributed by atoms with Gasteiger partial charge in [-0.1, -0.05) is 196 Å². The molecule has 0 saturated carbocycles. The highest BCUT2D eigenvalue weighted by Gasteiger charge is 2.19. The highest BCUT2D eigenvalue weighted by atomic mass is 16.6. The van der Waals surface area contributed by atoms with E-state index in [0.29, 0.717) is 19.3 Å². The third-order valence-electron chi connectivity index (χ3n) is 10.2. The zero-order chi connectivity index (χ0) is 43.0. The van der Waals surface area contributed by atoms with Gasteiger partial charge in [0.1, 0.15) is 13.2 Å². The summed E-state index contributed by atoms with van der Waals surface area (Å²) in [6.07, 6.45) is 58.8. The lowest BCUT2D eigenvalue weighted by Gasteiger charge is -2.18. The van der Waals surface area contributed by atoms with Gasteiger partial charge in [0.2, 0.25) is 0 Å². The molecule has 6 nitrogen and oxygen atoms in total. The molecule has 0 radical (unpaired) electrons. The average molecular weight is 823 g/mol. The van der Waals surface area contributed by atoms with Crippen molar-refractivity contribution >= 4 is 17.9 Å². The van der Waals surface area contributed by atoms with E-state index in [1.165, 1.54) is 70.6 Å². The van der Waals surface area contributed by atoms with Gasteiger partial charge in [-0.05, 0) is 83.5 Å². The molecule has 0 aromatic heterocycles. The standard InChI is InChI=1S/C53H90O6/c1-4-7-10-13-16-19-22-25-26-29-31-34-37-40-43-46-52(55)58-49-50(59-53(56)47-44-41-38-35-32-28-24-21-18-15-12-9-6-3)48-57-51(54)45-42-39-36-33-30-27-23-20-17-14-11-8-5-2/h7,10,12,15-16,19,21,24-26,31,34,50H,4-6,8-9,11,13-14,17-18,20,22-23,27-30,32-33,35-49H2,1-3H3/b10-7-,15-12-,19-16-,24-21-,26-25-,34-31-. The van der Waals surface area contributed by atoms with E-state index in [4.69, 9.17) is 14.2 Å². The zero-order valence-corrected chi connectivity index (χ0v) is 38.5. The number of carbonyl (C=O) groups excluding carboxylic acids is 3. The molecule has 0 amide bonds. The summed E-state index contributed by atoms with van der Waals surface area (Å²) in [5.74, 6) is -0.952. The van der Waals surface area contributed by atoms with Crippen LogP contribution in [0.1, 0.15) is 226 Å². The van der Waals surface area contributed by atoms with Crippen LogP contribution in [0, 0.1) is 0 Å². The normalized spacial score (nSPS) is 12.7. The summed E-state index contributed by atoms with van der Waals surface area (Å²) in [5, 5.41) is 0. The molecular formula is C53H90O6. The maximum atomic E-state index is 12.7. The van der Waals surface area contributed by atoms with Crippen LogP contribution in [0.3, 0.4) is 0 Å². The molecule has 6 heteroatoms. The monoisotopic (exact) mass is 823 g/mol. The van der Waals surface area contributed by atoms with Crippen LogP contribution in [0.25, 0.3) is 0 Å². The van der Waals surface area contributed by atoms with E-state index >= 15 is 0 Å². The van der Waals surface area contributed by atoms with Crippen LogP contribution in [0.2, 0.25) is 0 Å². The zero-order valence-electron chi connectivity index (χ0n) is 38.5. The number of rotatable bonds is 43. The molecule has 338 valence electrons. The molecule has 0 N–H and O–H groups in total. The average Bonchev–Trinajstić information content (AvgIpc) is 3.23. The van der Waals surface area contributed by atoms with Crippen LogP contribution >= 0.6 is 0 Å². The topological polar surface area (TPSA) is 78.9 Å². The largest absolute Gasteiger partial charge is 0.462 e. The van der Waals surface area contributed by atoms with Gasteiger partial charge in [0.15, 0.2) is 6.10 Å². The number of allylic oxidation sites excluding steroid dienone is 12. The van der Waals surface area contributed by atoms with Gasteiger partial charge in [-0.3, -0.25) is 14.4 Å². The highest BCUT2D eigenvalue weighted by Crippen LogP contribution is 2.14. The molecular weight excluding hydrogens is 733 g/mol. The van der Waals surface area contributed by atoms with Crippen molar-refractivity contribution in [3.05, 3.63) is 72.9 Å². The van der Waals surface area contributed by atoms with Crippen molar-refractivity contribution in [2.24, 2.45) is 0 Å². The van der Waals surface area contributed by atoms with Gasteiger partial charge in [-0.2, -0.15) is 0 Å². The first-order valence-corrected chi connectivity index (χ1v) is 24.4. The van der Waals surface area contributed by atoms with Crippen LogP contribution in [0.5, 0.6) is 0 Å². The van der Waals surface area contributed by atoms with Crippen molar-refractivity contribution in [2.45, 2.75) is 232 Å². The van der Waals surface area contributed by atoms with Gasteiger partial charge in [0.05, 0.1) is 0 Å². The van der Waals surface area contributed by atoms with Gasteiger partial charge in [0, 0.05) is 19.3 Å². The third kappa shape index (κ3) is 45.8. The molecule has 0 bridgehead atoms. The second kappa shape index (κ2) is 47.5. The van der Waals surface area contributed by atoms with Gasteiger partial charge in [-0.15, -0.1) is 0 Å². The molecule has 0 rings (SSSR count). The minimum Gasteiger partial charge on any atom is -0.462 e. The van der Waals surface area contributed by atoms with E-state index in [-0.39, 0.29) is 31.1 Å². The molecule has 59 heavy (non-hydrogen) atoms. The third-order valence-corrected chi connectivity index (χ3v) is 10.2. The Morgan fingerprint density at radius 1 is 0.356 bits per heavy atom. The summed E-state index contributed by atoms with van der Waals surface area (Å²) in [4.78, 5) is 37.9. The fraction of sp³-hybridized carbons (Fsp3) is 0.717. The number of carbonyl (C=O) groups is 3. The van der Waals surface area contributed by atoms with Gasteiger partial charge in [-0.25, -0.2) is 0 Å². The Labute approximate surface area is 363 Å². The number of esters is 3. The minimum atomic E-state index is -0.796. The van der Waals surface area contributed by atoms with Gasteiger partial charge < -0.3 is 14.2 Å². The number of hydrogen-bond donors (Lipinski definition) is 0. The Bertz CT molecular complexity index is 1130. The Balaban J connectivity index is 4.47. The van der Waals surface area contributed by atoms with Crippen LogP contribution in [0.15, 0.2) is 72.9 Å². The molecule has 0 saturated heterocycles. The van der Waals surface area contributed by atoms with Crippen molar-refractivity contribution in [1.29, 1.82) is 0 Å². The molecule has 0 spiro atoms. The second-order valence-corrected chi connectivity index (χ2v) is 16.0. The molecule has 0 aromatic rings. The summed E-state index contributed by atoms with van der Waals surface area (Å²) < 4.78 is 16.7. The first-order chi connectivity index (χ1) is 29.0. The smallest absolute Gasteiger partial charge is 0.306 e. The lowest BCUT2D eigenvalue weighted by atomic mass is 10.0. The number of unbranched alkanes of at least 4 members (excludes halogenated alkanes) is 20. The first kappa shape index (κ1) is 55.9. The molecule has 1 atom stereocenters. The van der Waals surface area contributed by atoms with E-state index in [0.717, 1.165) is 116 Å². The lowest BCUT2D eigenvalue weighted by Crippen LogP contribution is -2.30. The Kier molecular flexibility index (Phi) is 45.0. The summed E-state index contributed by atoms with van der Waals surface area (Å²) in [7, 11) is 0. The predicted octanol–water partition coefficient (Wildman–Crippen LogP) is 15.9. The fourth-order valence-electron chi connectivity index (χ4n) is 6.53. The maximum Gasteiger partial charge on any atom is 0.306 e. The Morgan fingerprint density at radius 2 is 0.695 bits per heavy atom. The highest BCUT2D eigenvalue weighted by molar-refractivity contribution is 5.71. The summed E-state index contributed by atoms with van der Waals surface area (Å²) in [6.45, 7) is 6.40. The molecule has 0 aliphatic rings.